The summed E-state index contributed by atoms with van der Waals surface area (Å²) in [4.78, 5) is 5.38. The predicted octanol–water partition coefficient (Wildman–Crippen LogP) is 1.94. The lowest BCUT2D eigenvalue weighted by molar-refractivity contribution is 0.0947. The third-order valence-electron chi connectivity index (χ3n) is 5.69. The maximum atomic E-state index is 3.83. The largest absolute Gasteiger partial charge is 0.309 e. The molecule has 0 atom stereocenters. The Morgan fingerprint density at radius 3 is 2.47 bits per heavy atom. The van der Waals surface area contributed by atoms with Crippen molar-refractivity contribution in [3.63, 3.8) is 0 Å². The lowest BCUT2D eigenvalue weighted by Crippen LogP contribution is -2.59. The topological polar surface area (TPSA) is 18.5 Å². The van der Waals surface area contributed by atoms with Gasteiger partial charge in [-0.3, -0.25) is 4.90 Å². The second-order valence-electron chi connectivity index (χ2n) is 7.03. The summed E-state index contributed by atoms with van der Waals surface area (Å²) >= 11 is 0. The Balaban J connectivity index is 1.47. The molecule has 1 N–H and O–H groups in total. The molecular formula is C16H31N3. The van der Waals surface area contributed by atoms with Gasteiger partial charge in [-0.25, -0.2) is 0 Å². The molecule has 0 aromatic rings. The van der Waals surface area contributed by atoms with Gasteiger partial charge in [0.25, 0.3) is 0 Å². The summed E-state index contributed by atoms with van der Waals surface area (Å²) in [5.74, 6) is 0.958. The fraction of sp³-hybridized carbons (Fsp3) is 1.00. The van der Waals surface area contributed by atoms with Crippen molar-refractivity contribution in [1.29, 1.82) is 0 Å². The number of piperidine rings is 1. The van der Waals surface area contributed by atoms with Gasteiger partial charge in [-0.05, 0) is 51.2 Å². The zero-order valence-electron chi connectivity index (χ0n) is 12.7. The van der Waals surface area contributed by atoms with Gasteiger partial charge < -0.3 is 10.2 Å². The Morgan fingerprint density at radius 2 is 1.79 bits per heavy atom. The number of hydrogen-bond acceptors (Lipinski definition) is 3. The van der Waals surface area contributed by atoms with E-state index >= 15 is 0 Å². The van der Waals surface area contributed by atoms with Gasteiger partial charge in [0.15, 0.2) is 0 Å². The molecule has 2 heterocycles. The summed E-state index contributed by atoms with van der Waals surface area (Å²) in [5, 5.41) is 3.83. The predicted molar refractivity (Wildman–Crippen MR) is 80.5 cm³/mol. The molecule has 3 aliphatic rings. The van der Waals surface area contributed by atoms with Crippen LogP contribution in [0.25, 0.3) is 0 Å². The minimum Gasteiger partial charge on any atom is -0.309 e. The third-order valence-corrected chi connectivity index (χ3v) is 5.69. The van der Waals surface area contributed by atoms with Crippen molar-refractivity contribution in [2.24, 2.45) is 5.92 Å². The minimum absolute atomic E-state index is 0.502. The summed E-state index contributed by atoms with van der Waals surface area (Å²) < 4.78 is 0. The first-order chi connectivity index (χ1) is 9.30. The van der Waals surface area contributed by atoms with Crippen LogP contribution < -0.4 is 5.32 Å². The molecule has 2 aliphatic heterocycles. The van der Waals surface area contributed by atoms with Gasteiger partial charge in [0, 0.05) is 31.7 Å². The molecule has 0 radical (unpaired) electrons. The van der Waals surface area contributed by atoms with Crippen LogP contribution in [-0.4, -0.2) is 61.2 Å². The molecule has 110 valence electrons. The molecule has 1 spiro atoms. The van der Waals surface area contributed by atoms with E-state index in [1.165, 1.54) is 84.3 Å². The Labute approximate surface area is 118 Å². The van der Waals surface area contributed by atoms with Crippen molar-refractivity contribution in [2.75, 3.05) is 45.8 Å². The first kappa shape index (κ1) is 13.8. The lowest BCUT2D eigenvalue weighted by atomic mass is 9.91. The summed E-state index contributed by atoms with van der Waals surface area (Å²) in [6.07, 6.45) is 8.55. The Bertz CT molecular complexity index is 278. The quantitative estimate of drug-likeness (QED) is 0.841. The molecule has 0 aromatic carbocycles. The van der Waals surface area contributed by atoms with Crippen LogP contribution in [0.3, 0.4) is 0 Å². The minimum atomic E-state index is 0.502. The van der Waals surface area contributed by atoms with E-state index in [0.29, 0.717) is 5.54 Å². The summed E-state index contributed by atoms with van der Waals surface area (Å²) in [7, 11) is 0. The van der Waals surface area contributed by atoms with E-state index in [9.17, 15) is 0 Å². The monoisotopic (exact) mass is 265 g/mol. The Hall–Kier alpha value is -0.120. The highest BCUT2D eigenvalue weighted by Crippen LogP contribution is 2.32. The normalized spacial score (nSPS) is 30.2. The number of rotatable bonds is 3. The highest BCUT2D eigenvalue weighted by molar-refractivity contribution is 4.98. The van der Waals surface area contributed by atoms with Crippen molar-refractivity contribution in [1.82, 2.24) is 15.1 Å². The van der Waals surface area contributed by atoms with E-state index in [-0.39, 0.29) is 0 Å². The molecule has 0 bridgehead atoms. The maximum absolute atomic E-state index is 3.83. The fourth-order valence-electron chi connectivity index (χ4n) is 4.44. The third kappa shape index (κ3) is 3.32. The zero-order valence-corrected chi connectivity index (χ0v) is 12.7. The van der Waals surface area contributed by atoms with Crippen molar-refractivity contribution in [2.45, 2.75) is 51.0 Å². The number of piperazine rings is 1. The van der Waals surface area contributed by atoms with Gasteiger partial charge >= 0.3 is 0 Å². The average molecular weight is 265 g/mol. The average Bonchev–Trinajstić information content (AvgIpc) is 2.88. The number of nitrogens with zero attached hydrogens (tertiary/aromatic N) is 2. The standard InChI is InChI=1S/C16H31N3/c1-2-18-10-5-15(6-11-18)13-19-12-9-17-16(14-19)7-3-4-8-16/h15,17H,2-14H2,1H3. The second kappa shape index (κ2) is 6.11. The first-order valence-electron chi connectivity index (χ1n) is 8.49. The SMILES string of the molecule is CCN1CCC(CN2CCNC3(CCCC3)C2)CC1. The van der Waals surface area contributed by atoms with Crippen LogP contribution in [0.4, 0.5) is 0 Å². The molecular weight excluding hydrogens is 234 g/mol. The Kier molecular flexibility index (Phi) is 4.45. The number of nitrogens with one attached hydrogen (secondary N) is 1. The molecule has 0 amide bonds. The van der Waals surface area contributed by atoms with Crippen LogP contribution in [0, 0.1) is 5.92 Å². The highest BCUT2D eigenvalue weighted by atomic mass is 15.2. The summed E-state index contributed by atoms with van der Waals surface area (Å²) in [5.41, 5.74) is 0.502. The zero-order chi connectivity index (χ0) is 13.1. The number of hydrogen-bond donors (Lipinski definition) is 1. The van der Waals surface area contributed by atoms with Crippen molar-refractivity contribution < 1.29 is 0 Å². The molecule has 3 heteroatoms. The smallest absolute Gasteiger partial charge is 0.0309 e. The molecule has 0 aromatic heterocycles. The van der Waals surface area contributed by atoms with Crippen LogP contribution in [-0.2, 0) is 0 Å². The molecule has 3 fully saturated rings. The second-order valence-corrected chi connectivity index (χ2v) is 7.03. The van der Waals surface area contributed by atoms with Crippen molar-refractivity contribution in [3.8, 4) is 0 Å². The fourth-order valence-corrected chi connectivity index (χ4v) is 4.44. The van der Waals surface area contributed by atoms with E-state index in [1.54, 1.807) is 0 Å². The van der Waals surface area contributed by atoms with E-state index < -0.39 is 0 Å². The van der Waals surface area contributed by atoms with Crippen LogP contribution in [0.1, 0.15) is 45.4 Å². The van der Waals surface area contributed by atoms with Gasteiger partial charge in [0.2, 0.25) is 0 Å². The van der Waals surface area contributed by atoms with Crippen LogP contribution in [0.2, 0.25) is 0 Å². The number of likely N-dealkylation sites (tertiary alicyclic amines) is 1. The van der Waals surface area contributed by atoms with E-state index in [2.05, 4.69) is 22.0 Å². The van der Waals surface area contributed by atoms with Gasteiger partial charge in [0.1, 0.15) is 0 Å². The van der Waals surface area contributed by atoms with Crippen molar-refractivity contribution >= 4 is 0 Å². The highest BCUT2D eigenvalue weighted by Gasteiger charge is 2.38. The van der Waals surface area contributed by atoms with Gasteiger partial charge in [0.05, 0.1) is 0 Å². The van der Waals surface area contributed by atoms with Crippen LogP contribution >= 0.6 is 0 Å². The van der Waals surface area contributed by atoms with E-state index in [0.717, 1.165) is 5.92 Å². The lowest BCUT2D eigenvalue weighted by Gasteiger charge is -2.43. The van der Waals surface area contributed by atoms with Gasteiger partial charge in [-0.2, -0.15) is 0 Å². The van der Waals surface area contributed by atoms with Gasteiger partial charge in [-0.1, -0.05) is 19.8 Å². The van der Waals surface area contributed by atoms with Gasteiger partial charge in [-0.15, -0.1) is 0 Å². The molecule has 1 saturated carbocycles. The Morgan fingerprint density at radius 1 is 1.05 bits per heavy atom. The maximum Gasteiger partial charge on any atom is 0.0309 e. The summed E-state index contributed by atoms with van der Waals surface area (Å²) in [6.45, 7) is 11.4. The molecule has 2 saturated heterocycles. The molecule has 3 rings (SSSR count). The molecule has 1 aliphatic carbocycles. The van der Waals surface area contributed by atoms with E-state index in [1.807, 2.05) is 0 Å². The molecule has 0 unspecified atom stereocenters. The molecule has 19 heavy (non-hydrogen) atoms. The van der Waals surface area contributed by atoms with Crippen molar-refractivity contribution in [3.05, 3.63) is 0 Å². The first-order valence-corrected chi connectivity index (χ1v) is 8.49. The summed E-state index contributed by atoms with van der Waals surface area (Å²) in [6, 6.07) is 0. The molecule has 3 nitrogen and oxygen atoms in total. The van der Waals surface area contributed by atoms with Crippen LogP contribution in [0.15, 0.2) is 0 Å². The van der Waals surface area contributed by atoms with Crippen LogP contribution in [0.5, 0.6) is 0 Å². The van der Waals surface area contributed by atoms with E-state index in [4.69, 9.17) is 0 Å².